The van der Waals surface area contributed by atoms with Crippen molar-refractivity contribution in [2.75, 3.05) is 12.4 Å². The first-order valence-electron chi connectivity index (χ1n) is 8.07. The number of nitrogens with one attached hydrogen (secondary N) is 1. The molecule has 28 heavy (non-hydrogen) atoms. The van der Waals surface area contributed by atoms with E-state index >= 15 is 0 Å². The van der Waals surface area contributed by atoms with E-state index < -0.39 is 29.2 Å². The molecule has 0 atom stereocenters. The molecule has 3 rings (SSSR count). The van der Waals surface area contributed by atoms with Crippen molar-refractivity contribution >= 4 is 33.2 Å². The van der Waals surface area contributed by atoms with Crippen molar-refractivity contribution in [3.63, 3.8) is 0 Å². The minimum absolute atomic E-state index is 0.0892. The van der Waals surface area contributed by atoms with Gasteiger partial charge >= 0.3 is 6.18 Å². The molecule has 1 amide bonds. The zero-order valence-electron chi connectivity index (χ0n) is 14.4. The normalized spacial score (nSPS) is 14.0. The molecule has 1 aliphatic carbocycles. The highest BCUT2D eigenvalue weighted by atomic mass is 79.9. The third kappa shape index (κ3) is 4.26. The number of rotatable bonds is 6. The third-order valence-corrected chi connectivity index (χ3v) is 4.86. The number of nitrogens with zero attached hydrogens (tertiary/aromatic N) is 3. The van der Waals surface area contributed by atoms with E-state index in [9.17, 15) is 28.1 Å². The summed E-state index contributed by atoms with van der Waals surface area (Å²) in [7, 11) is 1.31. The van der Waals surface area contributed by atoms with Crippen molar-refractivity contribution in [3.8, 4) is 5.75 Å². The first kappa shape index (κ1) is 20.1. The molecule has 1 heterocycles. The average molecular weight is 463 g/mol. The minimum atomic E-state index is -4.66. The number of carbonyl (C=O) groups is 1. The molecule has 1 fully saturated rings. The molecule has 1 saturated carbocycles. The number of anilines is 1. The van der Waals surface area contributed by atoms with Crippen LogP contribution in [-0.4, -0.2) is 27.7 Å². The van der Waals surface area contributed by atoms with Crippen molar-refractivity contribution in [2.45, 2.75) is 31.5 Å². The molecule has 150 valence electrons. The summed E-state index contributed by atoms with van der Waals surface area (Å²) in [5.41, 5.74) is -0.973. The largest absolute Gasteiger partial charge is 0.496 e. The zero-order chi connectivity index (χ0) is 20.6. The van der Waals surface area contributed by atoms with Gasteiger partial charge in [0.15, 0.2) is 5.69 Å². The number of hydrogen-bond acceptors (Lipinski definition) is 5. The minimum Gasteiger partial charge on any atom is -0.496 e. The van der Waals surface area contributed by atoms with Crippen LogP contribution >= 0.6 is 15.9 Å². The molecule has 0 unspecified atom stereocenters. The van der Waals surface area contributed by atoms with Crippen molar-refractivity contribution in [1.29, 1.82) is 0 Å². The second-order valence-corrected chi connectivity index (χ2v) is 7.00. The number of methoxy groups -OCH3 is 1. The van der Waals surface area contributed by atoms with E-state index in [0.717, 1.165) is 10.7 Å². The molecule has 0 aliphatic heterocycles. The molecule has 1 aromatic heterocycles. The SMILES string of the molecule is COc1cc(NC(=O)Cn2nc(C(F)(F)F)c(Br)c2C2CC2)cc([N+](=O)[O-])c1. The highest BCUT2D eigenvalue weighted by Gasteiger charge is 2.42. The Hall–Kier alpha value is -2.63. The van der Waals surface area contributed by atoms with Gasteiger partial charge in [0.05, 0.1) is 34.0 Å². The molecule has 1 aromatic carbocycles. The van der Waals surface area contributed by atoms with Crippen molar-refractivity contribution in [3.05, 3.63) is 44.2 Å². The zero-order valence-corrected chi connectivity index (χ0v) is 16.0. The third-order valence-electron chi connectivity index (χ3n) is 4.08. The number of nitro groups is 1. The van der Waals surface area contributed by atoms with Gasteiger partial charge in [-0.3, -0.25) is 19.6 Å². The van der Waals surface area contributed by atoms with E-state index in [0.29, 0.717) is 18.5 Å². The summed E-state index contributed by atoms with van der Waals surface area (Å²) < 4.78 is 45.2. The summed E-state index contributed by atoms with van der Waals surface area (Å²) in [5.74, 6) is -0.610. The predicted octanol–water partition coefficient (Wildman–Crippen LogP) is 4.10. The van der Waals surface area contributed by atoms with Crippen LogP contribution in [0.4, 0.5) is 24.5 Å². The van der Waals surface area contributed by atoms with Gasteiger partial charge in [-0.1, -0.05) is 0 Å². The van der Waals surface area contributed by atoms with E-state index in [1.807, 2.05) is 0 Å². The van der Waals surface area contributed by atoms with Crippen LogP contribution in [0.1, 0.15) is 30.1 Å². The predicted molar refractivity (Wildman–Crippen MR) is 95.2 cm³/mol. The molecule has 1 aliphatic rings. The average Bonchev–Trinajstić information content (AvgIpc) is 3.37. The van der Waals surface area contributed by atoms with Gasteiger partial charge in [-0.25, -0.2) is 0 Å². The number of benzene rings is 1. The van der Waals surface area contributed by atoms with Gasteiger partial charge < -0.3 is 10.1 Å². The molecular formula is C16H14BrF3N4O4. The van der Waals surface area contributed by atoms with Crippen LogP contribution in [0, 0.1) is 10.1 Å². The molecule has 0 bridgehead atoms. The van der Waals surface area contributed by atoms with Gasteiger partial charge in [0.25, 0.3) is 5.69 Å². The molecular weight excluding hydrogens is 449 g/mol. The molecule has 12 heteroatoms. The Balaban J connectivity index is 1.84. The second-order valence-electron chi connectivity index (χ2n) is 6.20. The van der Waals surface area contributed by atoms with Crippen LogP contribution < -0.4 is 10.1 Å². The van der Waals surface area contributed by atoms with Gasteiger partial charge in [-0.15, -0.1) is 0 Å². The topological polar surface area (TPSA) is 99.3 Å². The van der Waals surface area contributed by atoms with Gasteiger partial charge in [-0.2, -0.15) is 18.3 Å². The fraction of sp³-hybridized carbons (Fsp3) is 0.375. The van der Waals surface area contributed by atoms with Crippen LogP contribution in [-0.2, 0) is 17.5 Å². The van der Waals surface area contributed by atoms with E-state index in [4.69, 9.17) is 4.74 Å². The van der Waals surface area contributed by atoms with Crippen molar-refractivity contribution in [2.24, 2.45) is 0 Å². The Morgan fingerprint density at radius 1 is 1.43 bits per heavy atom. The monoisotopic (exact) mass is 462 g/mol. The first-order valence-corrected chi connectivity index (χ1v) is 8.86. The standard InChI is InChI=1S/C16H14BrF3N4O4/c1-28-11-5-9(4-10(6-11)24(26)27)21-12(25)7-23-14(8-2-3-8)13(17)15(22-23)16(18,19)20/h4-6,8H,2-3,7H2,1H3,(H,21,25). The smallest absolute Gasteiger partial charge is 0.436 e. The van der Waals surface area contributed by atoms with Gasteiger partial charge in [0.1, 0.15) is 12.3 Å². The van der Waals surface area contributed by atoms with Crippen LogP contribution in [0.25, 0.3) is 0 Å². The molecule has 8 nitrogen and oxygen atoms in total. The number of halogens is 4. The fourth-order valence-electron chi connectivity index (χ4n) is 2.72. The number of aromatic nitrogens is 2. The summed E-state index contributed by atoms with van der Waals surface area (Å²) in [5, 5.41) is 17.0. The molecule has 0 radical (unpaired) electrons. The van der Waals surface area contributed by atoms with Crippen LogP contribution in [0.3, 0.4) is 0 Å². The maximum absolute atomic E-state index is 13.1. The van der Waals surface area contributed by atoms with Crippen LogP contribution in [0.2, 0.25) is 0 Å². The lowest BCUT2D eigenvalue weighted by Gasteiger charge is -2.09. The summed E-state index contributed by atoms with van der Waals surface area (Å²) >= 11 is 2.95. The van der Waals surface area contributed by atoms with Crippen LogP contribution in [0.5, 0.6) is 5.75 Å². The molecule has 2 aromatic rings. The Labute approximate surface area is 164 Å². The Morgan fingerprint density at radius 3 is 2.64 bits per heavy atom. The number of ether oxygens (including phenoxy) is 1. The first-order chi connectivity index (χ1) is 13.1. The number of non-ortho nitro benzene ring substituents is 1. The molecule has 0 spiro atoms. The lowest BCUT2D eigenvalue weighted by atomic mass is 10.2. The number of amides is 1. The van der Waals surface area contributed by atoms with Crippen molar-refractivity contribution < 1.29 is 27.6 Å². The molecule has 0 saturated heterocycles. The maximum atomic E-state index is 13.1. The number of hydrogen-bond donors (Lipinski definition) is 1. The highest BCUT2D eigenvalue weighted by Crippen LogP contribution is 2.47. The number of alkyl halides is 3. The summed E-state index contributed by atoms with van der Waals surface area (Å²) in [4.78, 5) is 22.7. The number of carbonyl (C=O) groups excluding carboxylic acids is 1. The summed E-state index contributed by atoms with van der Waals surface area (Å²) in [6, 6.07) is 3.68. The fourth-order valence-corrected chi connectivity index (χ4v) is 3.55. The van der Waals surface area contributed by atoms with E-state index in [1.165, 1.54) is 19.2 Å². The van der Waals surface area contributed by atoms with E-state index in [1.54, 1.807) is 0 Å². The Morgan fingerprint density at radius 2 is 2.11 bits per heavy atom. The van der Waals surface area contributed by atoms with Gasteiger partial charge in [0, 0.05) is 18.1 Å². The van der Waals surface area contributed by atoms with E-state index in [-0.39, 0.29) is 27.5 Å². The maximum Gasteiger partial charge on any atom is 0.436 e. The summed E-state index contributed by atoms with van der Waals surface area (Å²) in [6.45, 7) is -0.467. The van der Waals surface area contributed by atoms with Crippen LogP contribution in [0.15, 0.2) is 22.7 Å². The Kier molecular flexibility index (Phi) is 5.33. The second kappa shape index (κ2) is 7.41. The van der Waals surface area contributed by atoms with Gasteiger partial charge in [-0.05, 0) is 28.8 Å². The lowest BCUT2D eigenvalue weighted by molar-refractivity contribution is -0.384. The summed E-state index contributed by atoms with van der Waals surface area (Å²) in [6.07, 6.45) is -3.23. The number of nitro benzene ring substituents is 1. The van der Waals surface area contributed by atoms with Crippen molar-refractivity contribution in [1.82, 2.24) is 9.78 Å². The van der Waals surface area contributed by atoms with E-state index in [2.05, 4.69) is 26.3 Å². The highest BCUT2D eigenvalue weighted by molar-refractivity contribution is 9.10. The Bertz CT molecular complexity index is 941. The molecule has 1 N–H and O–H groups in total. The van der Waals surface area contributed by atoms with Gasteiger partial charge in [0.2, 0.25) is 5.91 Å². The quantitative estimate of drug-likeness (QED) is 0.514. The lowest BCUT2D eigenvalue weighted by Crippen LogP contribution is -2.21.